The number of aliphatic hydroxyl groups is 3. The second-order valence-corrected chi connectivity index (χ2v) is 18.9. The monoisotopic (exact) mass is 1160 g/mol. The van der Waals surface area contributed by atoms with Crippen molar-refractivity contribution in [1.82, 2.24) is 0 Å². The normalized spacial score (nSPS) is 10.5. The summed E-state index contributed by atoms with van der Waals surface area (Å²) in [6.07, 6.45) is 4.53. The average molecular weight is 1170 g/mol. The molecule has 0 aliphatic rings. The van der Waals surface area contributed by atoms with Crippen molar-refractivity contribution in [2.45, 2.75) is 13.8 Å². The smallest absolute Gasteiger partial charge is 0.344 e. The molecule has 4 aromatic heterocycles. The van der Waals surface area contributed by atoms with E-state index in [1.54, 1.807) is 66.7 Å². The fourth-order valence-electron chi connectivity index (χ4n) is 8.29. The topological polar surface area (TPSA) is 222 Å². The van der Waals surface area contributed by atoms with Crippen molar-refractivity contribution >= 4 is 119 Å². The van der Waals surface area contributed by atoms with E-state index in [9.17, 15) is 29.4 Å². The third-order valence-electron chi connectivity index (χ3n) is 11.8. The minimum absolute atomic E-state index is 0.0382. The first-order chi connectivity index (χ1) is 37.6. The summed E-state index contributed by atoms with van der Waals surface area (Å²) in [7, 11) is 0. The van der Waals surface area contributed by atoms with Gasteiger partial charge < -0.3 is 43.2 Å². The second-order valence-electron chi connectivity index (χ2n) is 17.1. The minimum atomic E-state index is -0.459. The van der Waals surface area contributed by atoms with Gasteiger partial charge in [0.15, 0.2) is 0 Å². The molecule has 5 N–H and O–H groups in total. The summed E-state index contributed by atoms with van der Waals surface area (Å²) in [6, 6.07) is 42.4. The van der Waals surface area contributed by atoms with Crippen LogP contribution in [0.3, 0.4) is 0 Å². The zero-order valence-electron chi connectivity index (χ0n) is 41.3. The highest BCUT2D eigenvalue weighted by atomic mass is 79.9. The highest BCUT2D eigenvalue weighted by Crippen LogP contribution is 2.30. The molecular weight excluding hydrogens is 1120 g/mol. The quantitative estimate of drug-likeness (QED) is 0.0542. The summed E-state index contributed by atoms with van der Waals surface area (Å²) >= 11 is 6.80. The van der Waals surface area contributed by atoms with E-state index in [1.165, 1.54) is 18.2 Å². The standard InChI is InChI=1S/C17H12O3.C16H10O4.C14H9BrO2.C13H7BrO3.C3H4O/c1-11-4-6-13-15-10-12(3-2-8-18)5-7-14(15)17(19)20-16(13)9-11;17-7-1-2-10-3-5-13-14(8-10)12-6-4-11(18)9-15(12)20-16(13)19;1-8-2-4-10-12-7-9(15)3-5-11(12)14(16)17-13(10)6-8;14-7-1-3-10-11(5-7)9-4-2-8(15)6-12(9)17-13(10)16;1-2-3-4/h4-7,9-10,18H,8H2,1H3;3-6,8-9,17-18H,7H2;2-7H,1H3;1-6,15H;1,4H,3H2. The number of terminal acetylenes is 1. The summed E-state index contributed by atoms with van der Waals surface area (Å²) in [6.45, 7) is 3.37. The number of phenolic OH excluding ortho intramolecular Hbond substituents is 2. The summed E-state index contributed by atoms with van der Waals surface area (Å²) in [5.41, 5.74) is 4.03. The lowest BCUT2D eigenvalue weighted by atomic mass is 10.0. The van der Waals surface area contributed by atoms with E-state index in [0.717, 1.165) is 63.3 Å². The first-order valence-corrected chi connectivity index (χ1v) is 25.1. The number of hydrogen-bond acceptors (Lipinski definition) is 13. The van der Waals surface area contributed by atoms with Gasteiger partial charge >= 0.3 is 22.5 Å². The summed E-state index contributed by atoms with van der Waals surface area (Å²) in [5.74, 6) is 12.9. The molecule has 0 aliphatic carbocycles. The predicted octanol–water partition coefficient (Wildman–Crippen LogP) is 11.6. The van der Waals surface area contributed by atoms with Crippen molar-refractivity contribution in [2.75, 3.05) is 19.8 Å². The molecule has 0 aliphatic heterocycles. The van der Waals surface area contributed by atoms with Gasteiger partial charge in [0.25, 0.3) is 0 Å². The molecular formula is C63H42Br2O13. The van der Waals surface area contributed by atoms with Gasteiger partial charge in [-0.3, -0.25) is 0 Å². The van der Waals surface area contributed by atoms with Crippen molar-refractivity contribution in [1.29, 1.82) is 0 Å². The second kappa shape index (κ2) is 24.6. The molecule has 386 valence electrons. The predicted molar refractivity (Wildman–Crippen MR) is 312 cm³/mol. The lowest BCUT2D eigenvalue weighted by molar-refractivity contribution is 0.350. The lowest BCUT2D eigenvalue weighted by Gasteiger charge is -2.03. The molecule has 0 amide bonds. The van der Waals surface area contributed by atoms with Crippen LogP contribution in [0.1, 0.15) is 22.3 Å². The third kappa shape index (κ3) is 12.5. The Balaban J connectivity index is 0.000000134. The van der Waals surface area contributed by atoms with Crippen LogP contribution < -0.4 is 22.5 Å². The average Bonchev–Trinajstić information content (AvgIpc) is 3.54. The van der Waals surface area contributed by atoms with E-state index in [4.69, 9.17) is 33.0 Å². The fraction of sp³-hybridized carbons (Fsp3) is 0.0794. The lowest BCUT2D eigenvalue weighted by Crippen LogP contribution is -2.00. The van der Waals surface area contributed by atoms with Crippen LogP contribution in [0.15, 0.2) is 191 Å². The molecule has 12 rings (SSSR count). The van der Waals surface area contributed by atoms with Gasteiger partial charge in [-0.2, -0.15) is 0 Å². The zero-order valence-corrected chi connectivity index (χ0v) is 44.5. The van der Waals surface area contributed by atoms with E-state index < -0.39 is 11.3 Å². The molecule has 78 heavy (non-hydrogen) atoms. The molecule has 15 heteroatoms. The largest absolute Gasteiger partial charge is 0.508 e. The first kappa shape index (κ1) is 55.0. The highest BCUT2D eigenvalue weighted by molar-refractivity contribution is 9.10. The van der Waals surface area contributed by atoms with Crippen LogP contribution in [0.5, 0.6) is 11.5 Å². The van der Waals surface area contributed by atoms with Gasteiger partial charge in [-0.1, -0.05) is 85.7 Å². The molecule has 12 aromatic rings. The summed E-state index contributed by atoms with van der Waals surface area (Å²) in [5, 5.41) is 52.7. The minimum Gasteiger partial charge on any atom is -0.508 e. The van der Waals surface area contributed by atoms with E-state index in [0.29, 0.717) is 54.8 Å². The fourth-order valence-corrected chi connectivity index (χ4v) is 9.01. The molecule has 0 unspecified atom stereocenters. The van der Waals surface area contributed by atoms with Crippen molar-refractivity contribution < 1.29 is 43.2 Å². The SMILES string of the molecule is C#CCO.Cc1ccc2c(c1)oc(=O)c1ccc(Br)cc12.Cc1ccc2c(c1)oc(=O)c1ccc(C#CCO)cc12.O=c1oc2cc(O)ccc2c2cc(Br)ccc12.O=c1oc2cc(O)ccc2c2cc(C#CCO)ccc12. The van der Waals surface area contributed by atoms with Gasteiger partial charge in [-0.05, 0) is 134 Å². The Bertz CT molecular complexity index is 4440. The molecule has 8 aromatic carbocycles. The number of halogens is 2. The van der Waals surface area contributed by atoms with Crippen LogP contribution in [0.4, 0.5) is 0 Å². The molecule has 0 atom stereocenters. The number of aryl methyl sites for hydroxylation is 2. The molecule has 4 heterocycles. The molecule has 0 saturated carbocycles. The van der Waals surface area contributed by atoms with Gasteiger partial charge in [0.2, 0.25) is 0 Å². The van der Waals surface area contributed by atoms with E-state index in [2.05, 4.69) is 62.0 Å². The van der Waals surface area contributed by atoms with Gasteiger partial charge in [0.1, 0.15) is 53.7 Å². The summed E-state index contributed by atoms with van der Waals surface area (Å²) < 4.78 is 22.9. The Kier molecular flexibility index (Phi) is 17.4. The summed E-state index contributed by atoms with van der Waals surface area (Å²) in [4.78, 5) is 47.5. The number of aliphatic hydroxyl groups excluding tert-OH is 3. The zero-order chi connectivity index (χ0) is 55.6. The van der Waals surface area contributed by atoms with Gasteiger partial charge in [-0.25, -0.2) is 19.2 Å². The van der Waals surface area contributed by atoms with Crippen LogP contribution in [0.25, 0.3) is 87.0 Å². The third-order valence-corrected chi connectivity index (χ3v) is 12.8. The maximum Gasteiger partial charge on any atom is 0.344 e. The number of hydrogen-bond donors (Lipinski definition) is 5. The molecule has 0 bridgehead atoms. The van der Waals surface area contributed by atoms with Crippen molar-refractivity contribution in [3.63, 3.8) is 0 Å². The Morgan fingerprint density at radius 3 is 1.01 bits per heavy atom. The molecule has 0 saturated heterocycles. The number of phenols is 2. The Morgan fingerprint density at radius 1 is 0.385 bits per heavy atom. The van der Waals surface area contributed by atoms with Crippen molar-refractivity contribution in [2.24, 2.45) is 0 Å². The van der Waals surface area contributed by atoms with Gasteiger partial charge in [0.05, 0.1) is 21.5 Å². The highest BCUT2D eigenvalue weighted by Gasteiger charge is 2.12. The molecule has 0 radical (unpaired) electrons. The number of benzene rings is 8. The molecule has 13 nitrogen and oxygen atoms in total. The molecule has 0 spiro atoms. The van der Waals surface area contributed by atoms with Crippen LogP contribution in [-0.2, 0) is 0 Å². The van der Waals surface area contributed by atoms with Crippen LogP contribution in [0, 0.1) is 49.9 Å². The van der Waals surface area contributed by atoms with Crippen LogP contribution in [-0.4, -0.2) is 45.4 Å². The Labute approximate surface area is 459 Å². The van der Waals surface area contributed by atoms with Crippen LogP contribution in [0.2, 0.25) is 0 Å². The number of rotatable bonds is 0. The Hall–Kier alpha value is -9.24. The van der Waals surface area contributed by atoms with E-state index in [-0.39, 0.29) is 42.6 Å². The maximum absolute atomic E-state index is 12.0. The Morgan fingerprint density at radius 2 is 0.679 bits per heavy atom. The van der Waals surface area contributed by atoms with Gasteiger partial charge in [-0.15, -0.1) is 6.42 Å². The van der Waals surface area contributed by atoms with Crippen molar-refractivity contribution in [3.8, 4) is 47.5 Å². The number of aromatic hydroxyl groups is 2. The molecule has 0 fully saturated rings. The van der Waals surface area contributed by atoms with Crippen LogP contribution >= 0.6 is 31.9 Å². The first-order valence-electron chi connectivity index (χ1n) is 23.5. The maximum atomic E-state index is 12.0. The van der Waals surface area contributed by atoms with E-state index >= 15 is 0 Å². The number of fused-ring (bicyclic) bond motifs is 12. The van der Waals surface area contributed by atoms with Crippen molar-refractivity contribution in [3.05, 3.63) is 218 Å². The van der Waals surface area contributed by atoms with E-state index in [1.807, 2.05) is 80.4 Å². The van der Waals surface area contributed by atoms with Gasteiger partial charge in [0, 0.05) is 75.3 Å².